The highest BCUT2D eigenvalue weighted by atomic mass is 35.5. The number of nitriles is 1. The largest absolute Gasteiger partial charge is 0.504 e. The van der Waals surface area contributed by atoms with Crippen LogP contribution >= 0.6 is 11.6 Å². The Morgan fingerprint density at radius 2 is 1.95 bits per heavy atom. The van der Waals surface area contributed by atoms with Crippen molar-refractivity contribution in [2.24, 2.45) is 0 Å². The van der Waals surface area contributed by atoms with E-state index in [-0.39, 0.29) is 22.0 Å². The lowest BCUT2D eigenvalue weighted by Crippen LogP contribution is -2.28. The zero-order valence-corrected chi connectivity index (χ0v) is 11.7. The molecular formula is C15H12ClN3O2. The second kappa shape index (κ2) is 6.64. The van der Waals surface area contributed by atoms with Crippen LogP contribution in [0.15, 0.2) is 42.5 Å². The predicted octanol–water partition coefficient (Wildman–Crippen LogP) is 3.24. The van der Waals surface area contributed by atoms with Crippen molar-refractivity contribution < 1.29 is 9.90 Å². The van der Waals surface area contributed by atoms with Crippen LogP contribution in [0.3, 0.4) is 0 Å². The Morgan fingerprint density at radius 1 is 1.24 bits per heavy atom. The molecule has 2 rings (SSSR count). The third-order valence-electron chi connectivity index (χ3n) is 2.78. The van der Waals surface area contributed by atoms with Gasteiger partial charge in [-0.15, -0.1) is 0 Å². The van der Waals surface area contributed by atoms with Crippen LogP contribution in [0, 0.1) is 11.3 Å². The minimum Gasteiger partial charge on any atom is -0.504 e. The SMILES string of the molecule is N#Cc1c(Cl)ccc(NC(=O)NCc2ccccc2)c1O. The molecule has 5 nitrogen and oxygen atoms in total. The molecule has 2 amide bonds. The van der Waals surface area contributed by atoms with E-state index < -0.39 is 6.03 Å². The molecule has 0 radical (unpaired) electrons. The number of aromatic hydroxyl groups is 1. The predicted molar refractivity (Wildman–Crippen MR) is 80.1 cm³/mol. The Bertz CT molecular complexity index is 696. The summed E-state index contributed by atoms with van der Waals surface area (Å²) in [5.74, 6) is -0.347. The number of phenolic OH excluding ortho intramolecular Hbond substituents is 1. The summed E-state index contributed by atoms with van der Waals surface area (Å²) in [5, 5.41) is 24.0. The molecule has 0 aliphatic heterocycles. The van der Waals surface area contributed by atoms with Crippen molar-refractivity contribution in [3.63, 3.8) is 0 Å². The van der Waals surface area contributed by atoms with Crippen LogP contribution in [0.25, 0.3) is 0 Å². The Hall–Kier alpha value is -2.71. The first-order valence-corrected chi connectivity index (χ1v) is 6.50. The second-order valence-corrected chi connectivity index (χ2v) is 4.63. The number of nitrogens with zero attached hydrogens (tertiary/aromatic N) is 1. The molecule has 0 spiro atoms. The van der Waals surface area contributed by atoms with Gasteiger partial charge in [-0.25, -0.2) is 4.79 Å². The van der Waals surface area contributed by atoms with Gasteiger partial charge in [-0.2, -0.15) is 5.26 Å². The van der Waals surface area contributed by atoms with E-state index in [1.807, 2.05) is 30.3 Å². The van der Waals surface area contributed by atoms with E-state index in [1.54, 1.807) is 6.07 Å². The summed E-state index contributed by atoms with van der Waals surface area (Å²) in [4.78, 5) is 11.8. The second-order valence-electron chi connectivity index (χ2n) is 4.22. The number of amides is 2. The number of nitrogens with one attached hydrogen (secondary N) is 2. The fourth-order valence-electron chi connectivity index (χ4n) is 1.72. The number of carbonyl (C=O) groups is 1. The van der Waals surface area contributed by atoms with E-state index in [1.165, 1.54) is 12.1 Å². The van der Waals surface area contributed by atoms with Crippen molar-refractivity contribution in [2.75, 3.05) is 5.32 Å². The van der Waals surface area contributed by atoms with Gasteiger partial charge in [0.05, 0.1) is 10.7 Å². The zero-order chi connectivity index (χ0) is 15.2. The smallest absolute Gasteiger partial charge is 0.319 e. The van der Waals surface area contributed by atoms with E-state index in [2.05, 4.69) is 10.6 Å². The first-order valence-electron chi connectivity index (χ1n) is 6.12. The lowest BCUT2D eigenvalue weighted by molar-refractivity contribution is 0.251. The average molecular weight is 302 g/mol. The van der Waals surface area contributed by atoms with Gasteiger partial charge in [-0.05, 0) is 17.7 Å². The van der Waals surface area contributed by atoms with Crippen molar-refractivity contribution in [1.29, 1.82) is 5.26 Å². The maximum Gasteiger partial charge on any atom is 0.319 e. The van der Waals surface area contributed by atoms with E-state index in [0.29, 0.717) is 6.54 Å². The molecule has 6 heteroatoms. The molecule has 106 valence electrons. The summed E-state index contributed by atoms with van der Waals surface area (Å²) >= 11 is 5.77. The summed E-state index contributed by atoms with van der Waals surface area (Å²) in [6.45, 7) is 0.353. The summed E-state index contributed by atoms with van der Waals surface area (Å²) in [6.07, 6.45) is 0. The first kappa shape index (κ1) is 14.7. The lowest BCUT2D eigenvalue weighted by atomic mass is 10.2. The monoisotopic (exact) mass is 301 g/mol. The first-order chi connectivity index (χ1) is 10.1. The Balaban J connectivity index is 2.02. The summed E-state index contributed by atoms with van der Waals surface area (Å²) in [7, 11) is 0. The number of halogens is 1. The Kier molecular flexibility index (Phi) is 4.64. The molecular weight excluding hydrogens is 290 g/mol. The highest BCUT2D eigenvalue weighted by Crippen LogP contribution is 2.32. The van der Waals surface area contributed by atoms with Gasteiger partial charge in [-0.1, -0.05) is 41.9 Å². The van der Waals surface area contributed by atoms with Gasteiger partial charge in [0.1, 0.15) is 11.6 Å². The summed E-state index contributed by atoms with van der Waals surface area (Å²) in [5.41, 5.74) is 1.00. The van der Waals surface area contributed by atoms with Crippen molar-refractivity contribution >= 4 is 23.3 Å². The van der Waals surface area contributed by atoms with Gasteiger partial charge in [0.25, 0.3) is 0 Å². The number of hydrogen-bond acceptors (Lipinski definition) is 3. The fourth-order valence-corrected chi connectivity index (χ4v) is 1.91. The van der Waals surface area contributed by atoms with Crippen LogP contribution in [0.4, 0.5) is 10.5 Å². The molecule has 0 fully saturated rings. The summed E-state index contributed by atoms with van der Waals surface area (Å²) < 4.78 is 0. The number of hydrogen-bond donors (Lipinski definition) is 3. The standard InChI is InChI=1S/C15H12ClN3O2/c16-12-6-7-13(14(20)11(12)8-17)19-15(21)18-9-10-4-2-1-3-5-10/h1-7,20H,9H2,(H2,18,19,21). The zero-order valence-electron chi connectivity index (χ0n) is 10.9. The van der Waals surface area contributed by atoms with Gasteiger partial charge in [0, 0.05) is 6.54 Å². The minimum absolute atomic E-state index is 0.0717. The van der Waals surface area contributed by atoms with Crippen LogP contribution in [-0.4, -0.2) is 11.1 Å². The molecule has 0 aromatic heterocycles. The van der Waals surface area contributed by atoms with E-state index in [0.717, 1.165) is 5.56 Å². The number of carbonyl (C=O) groups excluding carboxylic acids is 1. The van der Waals surface area contributed by atoms with Gasteiger partial charge < -0.3 is 15.7 Å². The number of rotatable bonds is 3. The molecule has 0 unspecified atom stereocenters. The van der Waals surface area contributed by atoms with Crippen LogP contribution in [0.2, 0.25) is 5.02 Å². The molecule has 3 N–H and O–H groups in total. The summed E-state index contributed by atoms with van der Waals surface area (Å²) in [6, 6.07) is 13.6. The third-order valence-corrected chi connectivity index (χ3v) is 3.10. The molecule has 0 aliphatic rings. The van der Waals surface area contributed by atoms with E-state index in [4.69, 9.17) is 16.9 Å². The molecule has 0 bridgehead atoms. The van der Waals surface area contributed by atoms with Crippen LogP contribution in [0.1, 0.15) is 11.1 Å². The molecule has 0 aliphatic carbocycles. The topological polar surface area (TPSA) is 85.2 Å². The van der Waals surface area contributed by atoms with Gasteiger partial charge in [0.2, 0.25) is 0 Å². The highest BCUT2D eigenvalue weighted by molar-refractivity contribution is 6.32. The fraction of sp³-hybridized carbons (Fsp3) is 0.0667. The average Bonchev–Trinajstić information content (AvgIpc) is 2.50. The molecule has 2 aromatic rings. The van der Waals surface area contributed by atoms with Gasteiger partial charge >= 0.3 is 6.03 Å². The van der Waals surface area contributed by atoms with E-state index >= 15 is 0 Å². The van der Waals surface area contributed by atoms with Crippen molar-refractivity contribution in [3.05, 3.63) is 58.6 Å². The van der Waals surface area contributed by atoms with Crippen LogP contribution in [0.5, 0.6) is 5.75 Å². The normalized spacial score (nSPS) is 9.71. The van der Waals surface area contributed by atoms with Crippen molar-refractivity contribution in [3.8, 4) is 11.8 Å². The van der Waals surface area contributed by atoms with Gasteiger partial charge in [0.15, 0.2) is 5.75 Å². The molecule has 0 saturated heterocycles. The van der Waals surface area contributed by atoms with Gasteiger partial charge in [-0.3, -0.25) is 0 Å². The third kappa shape index (κ3) is 3.65. The van der Waals surface area contributed by atoms with Crippen molar-refractivity contribution in [1.82, 2.24) is 5.32 Å². The van der Waals surface area contributed by atoms with E-state index in [9.17, 15) is 9.90 Å². The molecule has 0 atom stereocenters. The molecule has 2 aromatic carbocycles. The van der Waals surface area contributed by atoms with Crippen molar-refractivity contribution in [2.45, 2.75) is 6.54 Å². The van der Waals surface area contributed by atoms with Crippen LogP contribution < -0.4 is 10.6 Å². The maximum absolute atomic E-state index is 11.8. The number of phenols is 1. The molecule has 21 heavy (non-hydrogen) atoms. The van der Waals surface area contributed by atoms with Crippen LogP contribution in [-0.2, 0) is 6.54 Å². The lowest BCUT2D eigenvalue weighted by Gasteiger charge is -2.10. The number of anilines is 1. The Labute approximate surface area is 126 Å². The number of benzene rings is 2. The molecule has 0 saturated carbocycles. The minimum atomic E-state index is -0.486. The maximum atomic E-state index is 11.8. The quantitative estimate of drug-likeness (QED) is 0.761. The number of urea groups is 1. The Morgan fingerprint density at radius 3 is 2.62 bits per heavy atom. The highest BCUT2D eigenvalue weighted by Gasteiger charge is 2.13. The molecule has 0 heterocycles.